The first-order valence-corrected chi connectivity index (χ1v) is 9.93. The molecule has 5 nitrogen and oxygen atoms in total. The van der Waals surface area contributed by atoms with Crippen LogP contribution in [-0.2, 0) is 4.79 Å². The predicted molar refractivity (Wildman–Crippen MR) is 103 cm³/mol. The molecule has 1 aromatic heterocycles. The molecule has 136 valence electrons. The van der Waals surface area contributed by atoms with E-state index in [1.165, 1.54) is 9.78 Å². The fraction of sp³-hybridized carbons (Fsp3) is 0.400. The lowest BCUT2D eigenvalue weighted by atomic mass is 10.2. The molecule has 2 saturated heterocycles. The number of urea groups is 1. The number of benzene rings is 1. The zero-order valence-electron chi connectivity index (χ0n) is 15.1. The van der Waals surface area contributed by atoms with Crippen LogP contribution in [0.3, 0.4) is 0 Å². The van der Waals surface area contributed by atoms with Crippen molar-refractivity contribution in [1.82, 2.24) is 9.80 Å². The molecular formula is C20H23N3O2S. The average molecular weight is 369 g/mol. The number of imide groups is 1. The molecule has 2 aliphatic rings. The Morgan fingerprint density at radius 3 is 2.62 bits per heavy atom. The molecule has 0 spiro atoms. The smallest absolute Gasteiger partial charge is 0.282 e. The van der Waals surface area contributed by atoms with Gasteiger partial charge in [0.15, 0.2) is 0 Å². The second kappa shape index (κ2) is 6.85. The van der Waals surface area contributed by atoms with Crippen molar-refractivity contribution in [3.8, 4) is 0 Å². The molecular weight excluding hydrogens is 346 g/mol. The maximum atomic E-state index is 13.0. The van der Waals surface area contributed by atoms with Crippen LogP contribution in [0.25, 0.3) is 0 Å². The molecule has 0 saturated carbocycles. The van der Waals surface area contributed by atoms with E-state index in [0.717, 1.165) is 30.6 Å². The van der Waals surface area contributed by atoms with Crippen LogP contribution < -0.4 is 4.90 Å². The molecule has 0 bridgehead atoms. The van der Waals surface area contributed by atoms with Crippen LogP contribution in [0, 0.1) is 6.92 Å². The van der Waals surface area contributed by atoms with Gasteiger partial charge in [0.05, 0.1) is 6.67 Å². The highest BCUT2D eigenvalue weighted by Gasteiger charge is 2.44. The molecule has 2 aromatic rings. The van der Waals surface area contributed by atoms with Crippen LogP contribution in [0.5, 0.6) is 0 Å². The van der Waals surface area contributed by atoms with E-state index in [-0.39, 0.29) is 11.9 Å². The third kappa shape index (κ3) is 2.93. The highest BCUT2D eigenvalue weighted by atomic mass is 32.1. The Kier molecular flexibility index (Phi) is 4.54. The maximum absolute atomic E-state index is 13.0. The molecule has 0 N–H and O–H groups in total. The van der Waals surface area contributed by atoms with Gasteiger partial charge in [-0.3, -0.25) is 14.6 Å². The zero-order valence-corrected chi connectivity index (χ0v) is 15.9. The number of carbonyl (C=O) groups is 2. The van der Waals surface area contributed by atoms with Gasteiger partial charge in [0, 0.05) is 23.2 Å². The van der Waals surface area contributed by atoms with E-state index in [0.29, 0.717) is 12.7 Å². The molecule has 3 heterocycles. The topological polar surface area (TPSA) is 43.9 Å². The molecule has 2 aliphatic heterocycles. The van der Waals surface area contributed by atoms with Gasteiger partial charge in [-0.15, -0.1) is 11.3 Å². The fourth-order valence-electron chi connectivity index (χ4n) is 3.88. The Hall–Kier alpha value is -2.18. The molecule has 1 aromatic carbocycles. The molecule has 6 heteroatoms. The van der Waals surface area contributed by atoms with E-state index in [1.54, 1.807) is 23.2 Å². The lowest BCUT2D eigenvalue weighted by molar-refractivity contribution is -0.128. The molecule has 2 unspecified atom stereocenters. The minimum absolute atomic E-state index is 0.118. The monoisotopic (exact) mass is 369 g/mol. The van der Waals surface area contributed by atoms with Crippen molar-refractivity contribution < 1.29 is 9.59 Å². The molecule has 4 rings (SSSR count). The van der Waals surface area contributed by atoms with E-state index < -0.39 is 6.04 Å². The van der Waals surface area contributed by atoms with Gasteiger partial charge in [0.2, 0.25) is 0 Å². The number of nitrogens with zero attached hydrogens (tertiary/aromatic N) is 3. The number of likely N-dealkylation sites (tertiary alicyclic amines) is 1. The van der Waals surface area contributed by atoms with Crippen molar-refractivity contribution in [3.63, 3.8) is 0 Å². The molecule has 2 fully saturated rings. The Balaban J connectivity index is 1.54. The highest BCUT2D eigenvalue weighted by Crippen LogP contribution is 2.35. The van der Waals surface area contributed by atoms with Crippen molar-refractivity contribution in [2.24, 2.45) is 0 Å². The summed E-state index contributed by atoms with van der Waals surface area (Å²) < 4.78 is 0. The largest absolute Gasteiger partial charge is 0.333 e. The zero-order chi connectivity index (χ0) is 18.3. The van der Waals surface area contributed by atoms with Crippen molar-refractivity contribution in [2.45, 2.75) is 38.8 Å². The minimum Gasteiger partial charge on any atom is -0.282 e. The fourth-order valence-corrected chi connectivity index (χ4v) is 4.77. The standard InChI is InChI=1S/C20H23N3O2S/c1-14-7-9-16(10-8-14)23-15(2)19(24)22(20(23)25)13-21-11-3-5-17(21)18-6-4-12-26-18/h4,6-10,12,15,17H,3,5,11,13H2,1-2H3. The van der Waals surface area contributed by atoms with E-state index in [2.05, 4.69) is 22.4 Å². The van der Waals surface area contributed by atoms with Crippen LogP contribution in [0.15, 0.2) is 41.8 Å². The second-order valence-corrected chi connectivity index (χ2v) is 8.04. The SMILES string of the molecule is Cc1ccc(N2C(=O)N(CN3CCCC3c3cccs3)C(=O)C2C)cc1. The summed E-state index contributed by atoms with van der Waals surface area (Å²) in [5.74, 6) is -0.118. The molecule has 3 amide bonds. The van der Waals surface area contributed by atoms with Crippen LogP contribution in [0.2, 0.25) is 0 Å². The van der Waals surface area contributed by atoms with E-state index >= 15 is 0 Å². The van der Waals surface area contributed by atoms with Gasteiger partial charge >= 0.3 is 6.03 Å². The first-order valence-electron chi connectivity index (χ1n) is 9.05. The van der Waals surface area contributed by atoms with Gasteiger partial charge in [-0.1, -0.05) is 23.8 Å². The number of anilines is 1. The molecule has 0 radical (unpaired) electrons. The van der Waals surface area contributed by atoms with Gasteiger partial charge in [-0.05, 0) is 50.3 Å². The summed E-state index contributed by atoms with van der Waals surface area (Å²) in [4.78, 5) is 32.4. The summed E-state index contributed by atoms with van der Waals surface area (Å²) in [6.07, 6.45) is 2.17. The third-order valence-corrected chi connectivity index (χ3v) is 6.29. The molecule has 2 atom stereocenters. The predicted octanol–water partition coefficient (Wildman–Crippen LogP) is 4.01. The van der Waals surface area contributed by atoms with E-state index in [4.69, 9.17) is 0 Å². The number of amides is 3. The lowest BCUT2D eigenvalue weighted by Gasteiger charge is -2.27. The van der Waals surface area contributed by atoms with Crippen molar-refractivity contribution in [2.75, 3.05) is 18.1 Å². The Morgan fingerprint density at radius 2 is 1.92 bits per heavy atom. The van der Waals surface area contributed by atoms with Gasteiger partial charge in [-0.2, -0.15) is 0 Å². The van der Waals surface area contributed by atoms with Gasteiger partial charge < -0.3 is 0 Å². The summed E-state index contributed by atoms with van der Waals surface area (Å²) in [5, 5.41) is 2.08. The van der Waals surface area contributed by atoms with Crippen molar-refractivity contribution in [3.05, 3.63) is 52.2 Å². The first-order chi connectivity index (χ1) is 12.6. The molecule has 26 heavy (non-hydrogen) atoms. The summed E-state index contributed by atoms with van der Waals surface area (Å²) in [6, 6.07) is 11.6. The summed E-state index contributed by atoms with van der Waals surface area (Å²) >= 11 is 1.74. The molecule has 0 aliphatic carbocycles. The Morgan fingerprint density at radius 1 is 1.15 bits per heavy atom. The van der Waals surface area contributed by atoms with Crippen LogP contribution in [-0.4, -0.2) is 41.0 Å². The number of rotatable bonds is 4. The normalized spacial score (nSPS) is 24.1. The third-order valence-electron chi connectivity index (χ3n) is 5.32. The number of hydrogen-bond donors (Lipinski definition) is 0. The first kappa shape index (κ1) is 17.2. The number of thiophene rings is 1. The Labute approximate surface area is 157 Å². The number of aryl methyl sites for hydroxylation is 1. The van der Waals surface area contributed by atoms with Gasteiger partial charge in [0.25, 0.3) is 5.91 Å². The summed E-state index contributed by atoms with van der Waals surface area (Å²) in [6.45, 7) is 5.10. The second-order valence-electron chi connectivity index (χ2n) is 7.06. The van der Waals surface area contributed by atoms with E-state index in [1.807, 2.05) is 31.2 Å². The van der Waals surface area contributed by atoms with Crippen molar-refractivity contribution in [1.29, 1.82) is 0 Å². The number of hydrogen-bond acceptors (Lipinski definition) is 4. The Bertz CT molecular complexity index is 803. The van der Waals surface area contributed by atoms with E-state index in [9.17, 15) is 9.59 Å². The maximum Gasteiger partial charge on any atom is 0.333 e. The highest BCUT2D eigenvalue weighted by molar-refractivity contribution is 7.10. The van der Waals surface area contributed by atoms with Crippen LogP contribution >= 0.6 is 11.3 Å². The van der Waals surface area contributed by atoms with Crippen LogP contribution in [0.1, 0.15) is 36.2 Å². The van der Waals surface area contributed by atoms with Gasteiger partial charge in [-0.25, -0.2) is 9.69 Å². The lowest BCUT2D eigenvalue weighted by Crippen LogP contribution is -2.42. The summed E-state index contributed by atoms with van der Waals surface area (Å²) in [7, 11) is 0. The van der Waals surface area contributed by atoms with Crippen molar-refractivity contribution >= 4 is 29.0 Å². The summed E-state index contributed by atoms with van der Waals surface area (Å²) in [5.41, 5.74) is 1.91. The quantitative estimate of drug-likeness (QED) is 0.765. The van der Waals surface area contributed by atoms with Gasteiger partial charge in [0.1, 0.15) is 6.04 Å². The van der Waals surface area contributed by atoms with Crippen LogP contribution in [0.4, 0.5) is 10.5 Å². The average Bonchev–Trinajstić information content (AvgIpc) is 3.35. The number of carbonyl (C=O) groups excluding carboxylic acids is 2. The minimum atomic E-state index is -0.465.